The Morgan fingerprint density at radius 3 is 2.83 bits per heavy atom. The van der Waals surface area contributed by atoms with Crippen LogP contribution in [0.1, 0.15) is 23.0 Å². The molecule has 4 rings (SSSR count). The molecule has 0 radical (unpaired) electrons. The molecular weight excluding hydrogens is 382 g/mol. The van der Waals surface area contributed by atoms with Crippen molar-refractivity contribution in [3.05, 3.63) is 60.0 Å². The Kier molecular flexibility index (Phi) is 5.20. The number of aliphatic hydroxyl groups is 1. The zero-order valence-corrected chi connectivity index (χ0v) is 17.0. The van der Waals surface area contributed by atoms with Gasteiger partial charge in [-0.05, 0) is 38.1 Å². The summed E-state index contributed by atoms with van der Waals surface area (Å²) in [5, 5.41) is 24.1. The average Bonchev–Trinajstić information content (AvgIpc) is 3.35. The molecule has 0 saturated heterocycles. The van der Waals surface area contributed by atoms with Crippen molar-refractivity contribution in [2.45, 2.75) is 20.0 Å². The molecule has 9 heteroatoms. The first kappa shape index (κ1) is 19.6. The molecule has 0 saturated carbocycles. The van der Waals surface area contributed by atoms with Crippen LogP contribution in [0.15, 0.2) is 48.8 Å². The lowest BCUT2D eigenvalue weighted by Gasteiger charge is -2.09. The number of aliphatic hydroxyl groups excluding tert-OH is 1. The Morgan fingerprint density at radius 1 is 1.27 bits per heavy atom. The second-order valence-electron chi connectivity index (χ2n) is 7.08. The molecular formula is C21H23N7O2. The van der Waals surface area contributed by atoms with E-state index in [9.17, 15) is 9.90 Å². The van der Waals surface area contributed by atoms with Crippen LogP contribution in [0.5, 0.6) is 0 Å². The van der Waals surface area contributed by atoms with Crippen LogP contribution in [0.4, 0.5) is 5.82 Å². The fourth-order valence-corrected chi connectivity index (χ4v) is 3.18. The quantitative estimate of drug-likeness (QED) is 0.453. The summed E-state index contributed by atoms with van der Waals surface area (Å²) < 4.78 is 3.42. The van der Waals surface area contributed by atoms with Gasteiger partial charge in [0.25, 0.3) is 5.91 Å². The fourth-order valence-electron chi connectivity index (χ4n) is 3.18. The minimum atomic E-state index is -0.623. The van der Waals surface area contributed by atoms with Crippen molar-refractivity contribution in [3.63, 3.8) is 0 Å². The fraction of sp³-hybridized carbons (Fsp3) is 0.238. The van der Waals surface area contributed by atoms with Crippen LogP contribution in [0.3, 0.4) is 0 Å². The molecule has 0 aliphatic rings. The Bertz CT molecular complexity index is 1210. The average molecular weight is 405 g/mol. The van der Waals surface area contributed by atoms with Crippen LogP contribution in [0, 0.1) is 6.92 Å². The topological polar surface area (TPSA) is 109 Å². The number of anilines is 1. The first-order valence-corrected chi connectivity index (χ1v) is 9.62. The molecule has 1 unspecified atom stereocenters. The second-order valence-corrected chi connectivity index (χ2v) is 7.08. The Balaban J connectivity index is 1.79. The standard InChI is InChI=1S/C21H23N7O2/c1-13-5-4-6-20(25-13)28-17(10-19(22-3)26-28)15-7-8-27-18(9-15)16(12-24-27)21(30)23-11-14(2)29/h4-10,12,14,29H,11H2,1-3H3,(H,22,26)(H,23,30). The van der Waals surface area contributed by atoms with Gasteiger partial charge in [-0.3, -0.25) is 4.79 Å². The molecule has 4 aromatic heterocycles. The summed E-state index contributed by atoms with van der Waals surface area (Å²) in [6, 6.07) is 11.5. The molecule has 30 heavy (non-hydrogen) atoms. The van der Waals surface area contributed by atoms with Crippen LogP contribution >= 0.6 is 0 Å². The van der Waals surface area contributed by atoms with Crippen LogP contribution in [0.25, 0.3) is 22.6 Å². The highest BCUT2D eigenvalue weighted by molar-refractivity contribution is 6.01. The van der Waals surface area contributed by atoms with E-state index < -0.39 is 6.10 Å². The van der Waals surface area contributed by atoms with Crippen LogP contribution in [-0.2, 0) is 0 Å². The summed E-state index contributed by atoms with van der Waals surface area (Å²) >= 11 is 0. The maximum Gasteiger partial charge on any atom is 0.255 e. The van der Waals surface area contributed by atoms with Gasteiger partial charge in [0.15, 0.2) is 5.82 Å². The number of hydrogen-bond donors (Lipinski definition) is 3. The summed E-state index contributed by atoms with van der Waals surface area (Å²) in [5.41, 5.74) is 3.68. The number of rotatable bonds is 6. The van der Waals surface area contributed by atoms with Crippen molar-refractivity contribution in [2.24, 2.45) is 0 Å². The molecule has 0 fully saturated rings. The van der Waals surface area contributed by atoms with Crippen molar-refractivity contribution < 1.29 is 9.90 Å². The van der Waals surface area contributed by atoms with Crippen molar-refractivity contribution in [3.8, 4) is 17.1 Å². The first-order valence-electron chi connectivity index (χ1n) is 9.62. The van der Waals surface area contributed by atoms with Gasteiger partial charge in [-0.1, -0.05) is 6.07 Å². The number of pyridine rings is 2. The summed E-state index contributed by atoms with van der Waals surface area (Å²) in [6.07, 6.45) is 2.70. The van der Waals surface area contributed by atoms with Crippen LogP contribution in [0.2, 0.25) is 0 Å². The number of carbonyl (C=O) groups is 1. The van der Waals surface area contributed by atoms with Crippen molar-refractivity contribution in [2.75, 3.05) is 18.9 Å². The number of amides is 1. The zero-order valence-electron chi connectivity index (χ0n) is 17.0. The number of hydrogen-bond acceptors (Lipinski definition) is 6. The van der Waals surface area contributed by atoms with E-state index in [2.05, 4.69) is 25.8 Å². The molecule has 3 N–H and O–H groups in total. The molecule has 9 nitrogen and oxygen atoms in total. The molecule has 1 amide bonds. The first-order chi connectivity index (χ1) is 14.5. The predicted octanol–water partition coefficient (Wildman–Crippen LogP) is 2.04. The van der Waals surface area contributed by atoms with Gasteiger partial charge >= 0.3 is 0 Å². The van der Waals surface area contributed by atoms with E-state index >= 15 is 0 Å². The highest BCUT2D eigenvalue weighted by Gasteiger charge is 2.17. The number of carbonyl (C=O) groups excluding carboxylic acids is 1. The molecule has 0 aromatic carbocycles. The maximum atomic E-state index is 12.5. The third-order valence-corrected chi connectivity index (χ3v) is 4.68. The van der Waals surface area contributed by atoms with Gasteiger partial charge in [0.05, 0.1) is 29.1 Å². The summed E-state index contributed by atoms with van der Waals surface area (Å²) in [7, 11) is 1.81. The van der Waals surface area contributed by atoms with Crippen molar-refractivity contribution in [1.29, 1.82) is 0 Å². The molecule has 0 aliphatic heterocycles. The SMILES string of the molecule is CNc1cc(-c2ccn3ncc(C(=O)NCC(C)O)c3c2)n(-c2cccc(C)n2)n1. The van der Waals surface area contributed by atoms with Gasteiger partial charge in [-0.15, -0.1) is 5.10 Å². The normalized spacial score (nSPS) is 12.1. The second kappa shape index (κ2) is 7.96. The van der Waals surface area contributed by atoms with Gasteiger partial charge in [-0.25, -0.2) is 14.2 Å². The van der Waals surface area contributed by atoms with E-state index in [0.29, 0.717) is 22.7 Å². The molecule has 0 bridgehead atoms. The lowest BCUT2D eigenvalue weighted by Crippen LogP contribution is -2.30. The molecule has 1 atom stereocenters. The summed E-state index contributed by atoms with van der Waals surface area (Å²) in [6.45, 7) is 3.73. The minimum Gasteiger partial charge on any atom is -0.392 e. The Hall–Kier alpha value is -3.72. The number of aromatic nitrogens is 5. The van der Waals surface area contributed by atoms with Gasteiger partial charge < -0.3 is 15.7 Å². The van der Waals surface area contributed by atoms with Gasteiger partial charge in [0.2, 0.25) is 0 Å². The summed E-state index contributed by atoms with van der Waals surface area (Å²) in [4.78, 5) is 17.1. The largest absolute Gasteiger partial charge is 0.392 e. The Labute approximate surface area is 173 Å². The summed E-state index contributed by atoms with van der Waals surface area (Å²) in [5.74, 6) is 1.12. The van der Waals surface area contributed by atoms with E-state index in [1.165, 1.54) is 6.20 Å². The van der Waals surface area contributed by atoms with E-state index in [4.69, 9.17) is 0 Å². The number of aryl methyl sites for hydroxylation is 1. The lowest BCUT2D eigenvalue weighted by molar-refractivity contribution is 0.0925. The third-order valence-electron chi connectivity index (χ3n) is 4.68. The minimum absolute atomic E-state index is 0.174. The van der Waals surface area contributed by atoms with Gasteiger partial charge in [0, 0.05) is 37.1 Å². The highest BCUT2D eigenvalue weighted by atomic mass is 16.3. The smallest absolute Gasteiger partial charge is 0.255 e. The number of nitrogens with one attached hydrogen (secondary N) is 2. The Morgan fingerprint density at radius 2 is 2.10 bits per heavy atom. The van der Waals surface area contributed by atoms with Crippen LogP contribution < -0.4 is 10.6 Å². The monoisotopic (exact) mass is 405 g/mol. The highest BCUT2D eigenvalue weighted by Crippen LogP contribution is 2.27. The molecule has 0 aliphatic carbocycles. The molecule has 0 spiro atoms. The van der Waals surface area contributed by atoms with Crippen molar-refractivity contribution >= 4 is 17.2 Å². The van der Waals surface area contributed by atoms with E-state index in [1.54, 1.807) is 22.3 Å². The lowest BCUT2D eigenvalue weighted by atomic mass is 10.1. The molecule has 4 heterocycles. The number of fused-ring (bicyclic) bond motifs is 1. The molecule has 154 valence electrons. The molecule has 4 aromatic rings. The van der Waals surface area contributed by atoms with Crippen LogP contribution in [-0.4, -0.2) is 55.1 Å². The number of nitrogens with zero attached hydrogens (tertiary/aromatic N) is 5. The maximum absolute atomic E-state index is 12.5. The van der Waals surface area contributed by atoms with E-state index in [0.717, 1.165) is 17.0 Å². The van der Waals surface area contributed by atoms with Crippen molar-refractivity contribution in [1.82, 2.24) is 29.7 Å². The van der Waals surface area contributed by atoms with E-state index in [-0.39, 0.29) is 12.5 Å². The van der Waals surface area contributed by atoms with Gasteiger partial charge in [-0.2, -0.15) is 5.10 Å². The predicted molar refractivity (Wildman–Crippen MR) is 114 cm³/mol. The zero-order chi connectivity index (χ0) is 21.3. The third kappa shape index (κ3) is 3.74. The van der Waals surface area contributed by atoms with E-state index in [1.807, 2.05) is 50.4 Å². The van der Waals surface area contributed by atoms with Gasteiger partial charge in [0.1, 0.15) is 5.82 Å².